The summed E-state index contributed by atoms with van der Waals surface area (Å²) >= 11 is 12.6. The maximum Gasteiger partial charge on any atom is 0.410 e. The van der Waals surface area contributed by atoms with Crippen LogP contribution in [0.15, 0.2) is 18.2 Å². The molecule has 1 aromatic rings. The lowest BCUT2D eigenvalue weighted by Crippen LogP contribution is -2.47. The molecule has 0 N–H and O–H groups in total. The van der Waals surface area contributed by atoms with Crippen LogP contribution in [0, 0.1) is 23.2 Å². The summed E-state index contributed by atoms with van der Waals surface area (Å²) < 4.78 is 6.02. The minimum absolute atomic E-state index is 0.00653. The molecule has 39 heavy (non-hydrogen) atoms. The summed E-state index contributed by atoms with van der Waals surface area (Å²) in [7, 11) is 1.79. The number of halogens is 2. The van der Waals surface area contributed by atoms with E-state index >= 15 is 0 Å². The largest absolute Gasteiger partial charge is 0.446 e. The average molecular weight is 577 g/mol. The van der Waals surface area contributed by atoms with E-state index in [0.29, 0.717) is 60.9 Å². The first-order valence-electron chi connectivity index (χ1n) is 14.6. The Morgan fingerprint density at radius 1 is 0.974 bits per heavy atom. The molecule has 1 aromatic carbocycles. The van der Waals surface area contributed by atoms with Crippen molar-refractivity contribution in [1.82, 2.24) is 14.7 Å². The van der Waals surface area contributed by atoms with Gasteiger partial charge >= 0.3 is 6.09 Å². The lowest BCUT2D eigenvalue weighted by atomic mass is 9.93. The van der Waals surface area contributed by atoms with Crippen LogP contribution in [0.25, 0.3) is 0 Å². The van der Waals surface area contributed by atoms with Gasteiger partial charge in [0.2, 0.25) is 11.8 Å². The molecule has 212 valence electrons. The van der Waals surface area contributed by atoms with Crippen molar-refractivity contribution in [2.24, 2.45) is 23.2 Å². The van der Waals surface area contributed by atoms with Gasteiger partial charge in [0.25, 0.3) is 0 Å². The molecule has 5 fully saturated rings. The Kier molecular flexibility index (Phi) is 7.28. The highest BCUT2D eigenvalue weighted by Gasteiger charge is 2.49. The van der Waals surface area contributed by atoms with Gasteiger partial charge in [-0.3, -0.25) is 9.59 Å². The fourth-order valence-electron chi connectivity index (χ4n) is 7.48. The third-order valence-electron chi connectivity index (χ3n) is 10.3. The molecule has 3 amide bonds. The Bertz CT molecular complexity index is 1150. The molecule has 0 unspecified atom stereocenters. The van der Waals surface area contributed by atoms with Crippen molar-refractivity contribution >= 4 is 41.1 Å². The van der Waals surface area contributed by atoms with Crippen LogP contribution in [0.4, 0.5) is 4.79 Å². The zero-order valence-corrected chi connectivity index (χ0v) is 24.4. The number of amides is 3. The third-order valence-corrected chi connectivity index (χ3v) is 11.1. The number of rotatable bonds is 5. The molecule has 2 aliphatic heterocycles. The van der Waals surface area contributed by atoms with E-state index in [2.05, 4.69) is 0 Å². The van der Waals surface area contributed by atoms with E-state index in [4.69, 9.17) is 27.9 Å². The first-order valence-corrected chi connectivity index (χ1v) is 15.3. The molecule has 2 heterocycles. The minimum Gasteiger partial charge on any atom is -0.446 e. The van der Waals surface area contributed by atoms with Gasteiger partial charge in [0.1, 0.15) is 6.10 Å². The number of fused-ring (bicyclic) bond motifs is 2. The molecule has 2 bridgehead atoms. The Balaban J connectivity index is 1.14. The molecule has 3 aliphatic carbocycles. The second-order valence-electron chi connectivity index (χ2n) is 12.9. The fraction of sp³-hybridized carbons (Fsp3) is 0.700. The number of carbonyl (C=O) groups excluding carboxylic acids is 3. The number of piperidine rings is 1. The zero-order valence-electron chi connectivity index (χ0n) is 22.9. The standard InChI is InChI=1S/C30H39Cl2N3O4/c1-30(9-10-30)28(37)34-11-7-19(8-12-34)27(36)35-16-22(20-5-6-23(31)24(32)15-20)25(17-35)33(2)29(38)39-26-14-18-3-4-21(26)13-18/h5-6,15,18-19,21-22,25-26H,3-4,7-14,16-17H2,1-2H3/t18-,21+,22-,25+,26+/m0/s1. The van der Waals surface area contributed by atoms with E-state index in [1.54, 1.807) is 18.0 Å². The van der Waals surface area contributed by atoms with Gasteiger partial charge in [-0.05, 0) is 80.9 Å². The smallest absolute Gasteiger partial charge is 0.410 e. The van der Waals surface area contributed by atoms with Gasteiger partial charge in [-0.15, -0.1) is 0 Å². The molecule has 5 atom stereocenters. The molecule has 6 rings (SSSR count). The number of likely N-dealkylation sites (tertiary alicyclic amines) is 2. The van der Waals surface area contributed by atoms with E-state index in [0.717, 1.165) is 31.2 Å². The van der Waals surface area contributed by atoms with Crippen LogP contribution < -0.4 is 0 Å². The Labute approximate surface area is 241 Å². The van der Waals surface area contributed by atoms with Gasteiger partial charge in [-0.25, -0.2) is 4.79 Å². The van der Waals surface area contributed by atoms with Crippen molar-refractivity contribution in [1.29, 1.82) is 0 Å². The van der Waals surface area contributed by atoms with Crippen LogP contribution in [0.5, 0.6) is 0 Å². The van der Waals surface area contributed by atoms with Crippen LogP contribution >= 0.6 is 23.2 Å². The second kappa shape index (κ2) is 10.4. The number of benzene rings is 1. The van der Waals surface area contributed by atoms with Crippen LogP contribution in [-0.2, 0) is 14.3 Å². The normalized spacial score (nSPS) is 31.4. The summed E-state index contributed by atoms with van der Waals surface area (Å²) in [6.07, 6.45) is 7.53. The summed E-state index contributed by atoms with van der Waals surface area (Å²) in [5.74, 6) is 1.32. The number of carbonyl (C=O) groups is 3. The summed E-state index contributed by atoms with van der Waals surface area (Å²) in [5, 5.41) is 0.944. The van der Waals surface area contributed by atoms with E-state index in [-0.39, 0.29) is 47.3 Å². The third kappa shape index (κ3) is 5.26. The topological polar surface area (TPSA) is 70.2 Å². The molecule has 0 aromatic heterocycles. The van der Waals surface area contributed by atoms with E-state index in [9.17, 15) is 14.4 Å². The highest BCUT2D eigenvalue weighted by Crippen LogP contribution is 2.47. The SMILES string of the molecule is CN(C(=O)O[C@@H]1C[C@H]2CC[C@@H]1C2)[C@@H]1CN(C(=O)C2CCN(C(=O)C3(C)CC3)CC2)C[C@H]1c1ccc(Cl)c(Cl)c1. The van der Waals surface area contributed by atoms with E-state index in [1.165, 1.54) is 12.8 Å². The highest BCUT2D eigenvalue weighted by molar-refractivity contribution is 6.42. The van der Waals surface area contributed by atoms with Gasteiger partial charge in [0.15, 0.2) is 0 Å². The number of likely N-dealkylation sites (N-methyl/N-ethyl adjacent to an activating group) is 1. The molecule has 5 aliphatic rings. The molecule has 7 nitrogen and oxygen atoms in total. The maximum absolute atomic E-state index is 13.7. The molecule has 9 heteroatoms. The molecule has 2 saturated heterocycles. The molecule has 0 spiro atoms. The van der Waals surface area contributed by atoms with Crippen molar-refractivity contribution in [2.45, 2.75) is 76.4 Å². The monoisotopic (exact) mass is 575 g/mol. The van der Waals surface area contributed by atoms with Crippen molar-refractivity contribution < 1.29 is 19.1 Å². The van der Waals surface area contributed by atoms with Gasteiger partial charge in [0.05, 0.1) is 16.1 Å². The number of ether oxygens (including phenoxy) is 1. The second-order valence-corrected chi connectivity index (χ2v) is 13.7. The summed E-state index contributed by atoms with van der Waals surface area (Å²) in [4.78, 5) is 45.4. The summed E-state index contributed by atoms with van der Waals surface area (Å²) in [6.45, 7) is 4.26. The lowest BCUT2D eigenvalue weighted by Gasteiger charge is -2.34. The van der Waals surface area contributed by atoms with Crippen molar-refractivity contribution in [3.63, 3.8) is 0 Å². The zero-order chi connectivity index (χ0) is 27.5. The molecular weight excluding hydrogens is 537 g/mol. The van der Waals surface area contributed by atoms with Crippen LogP contribution in [0.1, 0.15) is 69.8 Å². The lowest BCUT2D eigenvalue weighted by molar-refractivity contribution is -0.142. The maximum atomic E-state index is 13.7. The van der Waals surface area contributed by atoms with E-state index < -0.39 is 0 Å². The average Bonchev–Trinajstić information content (AvgIpc) is 3.29. The highest BCUT2D eigenvalue weighted by atomic mass is 35.5. The van der Waals surface area contributed by atoms with Gasteiger partial charge in [-0.2, -0.15) is 0 Å². The number of nitrogens with zero attached hydrogens (tertiary/aromatic N) is 3. The number of hydrogen-bond acceptors (Lipinski definition) is 4. The van der Waals surface area contributed by atoms with Crippen molar-refractivity contribution in [3.8, 4) is 0 Å². The Hall–Kier alpha value is -1.99. The molecular formula is C30H39Cl2N3O4. The summed E-state index contributed by atoms with van der Waals surface area (Å²) in [6, 6.07) is 5.35. The first-order chi connectivity index (χ1) is 18.6. The summed E-state index contributed by atoms with van der Waals surface area (Å²) in [5.41, 5.74) is 0.783. The fourth-order valence-corrected chi connectivity index (χ4v) is 7.79. The predicted octanol–water partition coefficient (Wildman–Crippen LogP) is 5.58. The minimum atomic E-state index is -0.308. The van der Waals surface area contributed by atoms with Crippen LogP contribution in [0.2, 0.25) is 10.0 Å². The van der Waals surface area contributed by atoms with E-state index in [1.807, 2.05) is 28.9 Å². The van der Waals surface area contributed by atoms with Crippen LogP contribution in [0.3, 0.4) is 0 Å². The van der Waals surface area contributed by atoms with Crippen LogP contribution in [-0.4, -0.2) is 78.0 Å². The van der Waals surface area contributed by atoms with Gasteiger partial charge in [-0.1, -0.05) is 36.2 Å². The quantitative estimate of drug-likeness (QED) is 0.459. The van der Waals surface area contributed by atoms with Crippen molar-refractivity contribution in [3.05, 3.63) is 33.8 Å². The van der Waals surface area contributed by atoms with Gasteiger partial charge < -0.3 is 19.4 Å². The number of hydrogen-bond donors (Lipinski definition) is 0. The molecule has 0 radical (unpaired) electrons. The molecule has 3 saturated carbocycles. The predicted molar refractivity (Wildman–Crippen MR) is 150 cm³/mol. The van der Waals surface area contributed by atoms with Gasteiger partial charge in [0, 0.05) is 50.5 Å². The Morgan fingerprint density at radius 3 is 2.33 bits per heavy atom. The first kappa shape index (κ1) is 27.2. The van der Waals surface area contributed by atoms with Crippen molar-refractivity contribution in [2.75, 3.05) is 33.2 Å². The Morgan fingerprint density at radius 2 is 1.72 bits per heavy atom.